The van der Waals surface area contributed by atoms with Crippen molar-refractivity contribution in [2.24, 2.45) is 4.99 Å². The first-order valence-electron chi connectivity index (χ1n) is 7.89. The van der Waals surface area contributed by atoms with E-state index in [4.69, 9.17) is 9.73 Å². The Labute approximate surface area is 144 Å². The molecule has 0 saturated carbocycles. The van der Waals surface area contributed by atoms with E-state index in [9.17, 15) is 0 Å². The van der Waals surface area contributed by atoms with Crippen molar-refractivity contribution in [1.82, 2.24) is 4.90 Å². The molecular formula is C19H22N2OSe. The standard InChI is InChI=1S/C19H22N2OSe/c1-14(2)21-13-18(15-9-5-4-6-10-15)23-19(21)20-16-11-7-8-12-17(16)22-3/h4-12,14,18H,13H2,1-3H3. The molecule has 3 nitrogen and oxygen atoms in total. The molecule has 0 bridgehead atoms. The van der Waals surface area contributed by atoms with Crippen LogP contribution in [0, 0.1) is 0 Å². The normalized spacial score (nSPS) is 19.6. The Bertz CT molecular complexity index is 685. The van der Waals surface area contributed by atoms with Gasteiger partial charge >= 0.3 is 144 Å². The molecule has 1 aliphatic heterocycles. The van der Waals surface area contributed by atoms with E-state index in [0.717, 1.165) is 18.0 Å². The SMILES string of the molecule is COc1ccccc1N=C1[Se]C(c2ccccc2)CN1C(C)C. The first-order chi connectivity index (χ1) is 11.2. The number of hydrogen-bond donors (Lipinski definition) is 0. The molecule has 3 rings (SSSR count). The Morgan fingerprint density at radius 3 is 2.48 bits per heavy atom. The van der Waals surface area contributed by atoms with Crippen molar-refractivity contribution in [2.45, 2.75) is 24.7 Å². The number of hydrogen-bond acceptors (Lipinski definition) is 2. The van der Waals surface area contributed by atoms with Gasteiger partial charge in [-0.2, -0.15) is 0 Å². The van der Waals surface area contributed by atoms with E-state index in [1.165, 1.54) is 10.3 Å². The number of rotatable bonds is 4. The summed E-state index contributed by atoms with van der Waals surface area (Å²) < 4.78 is 6.66. The van der Waals surface area contributed by atoms with Crippen LogP contribution in [0.1, 0.15) is 24.2 Å². The molecule has 120 valence electrons. The molecule has 2 aromatic carbocycles. The van der Waals surface area contributed by atoms with Gasteiger partial charge in [0.25, 0.3) is 0 Å². The quantitative estimate of drug-likeness (QED) is 0.761. The van der Waals surface area contributed by atoms with E-state index in [2.05, 4.69) is 49.1 Å². The van der Waals surface area contributed by atoms with Gasteiger partial charge in [-0.1, -0.05) is 0 Å². The minimum absolute atomic E-state index is 0.326. The maximum atomic E-state index is 5.44. The van der Waals surface area contributed by atoms with E-state index in [1.54, 1.807) is 7.11 Å². The zero-order valence-corrected chi connectivity index (χ0v) is 15.5. The summed E-state index contributed by atoms with van der Waals surface area (Å²) in [5.41, 5.74) is 2.34. The Balaban J connectivity index is 1.92. The van der Waals surface area contributed by atoms with E-state index < -0.39 is 0 Å². The predicted molar refractivity (Wildman–Crippen MR) is 96.9 cm³/mol. The summed E-state index contributed by atoms with van der Waals surface area (Å²) in [6, 6.07) is 19.2. The number of benzene rings is 2. The number of ether oxygens (including phenoxy) is 1. The predicted octanol–water partition coefficient (Wildman–Crippen LogP) is 3.85. The van der Waals surface area contributed by atoms with Crippen molar-refractivity contribution >= 4 is 25.4 Å². The molecule has 1 saturated heterocycles. The number of amidine groups is 1. The first-order valence-corrected chi connectivity index (χ1v) is 9.73. The molecule has 4 heteroatoms. The first kappa shape index (κ1) is 16.1. The fourth-order valence-corrected chi connectivity index (χ4v) is 5.52. The summed E-state index contributed by atoms with van der Waals surface area (Å²) in [4.78, 5) is 7.96. The summed E-state index contributed by atoms with van der Waals surface area (Å²) in [6.07, 6.45) is 0. The van der Waals surface area contributed by atoms with Crippen molar-refractivity contribution < 1.29 is 4.74 Å². The van der Waals surface area contributed by atoms with Crippen LogP contribution in [0.4, 0.5) is 5.69 Å². The molecule has 0 radical (unpaired) electrons. The molecule has 0 amide bonds. The van der Waals surface area contributed by atoms with Crippen molar-refractivity contribution in [2.75, 3.05) is 13.7 Å². The Kier molecular flexibility index (Phi) is 5.04. The summed E-state index contributed by atoms with van der Waals surface area (Å²) in [5.74, 6) is 0.836. The van der Waals surface area contributed by atoms with Gasteiger partial charge in [0, 0.05) is 0 Å². The van der Waals surface area contributed by atoms with Crippen LogP contribution >= 0.6 is 0 Å². The van der Waals surface area contributed by atoms with Crippen LogP contribution in [0.5, 0.6) is 5.75 Å². The second-order valence-electron chi connectivity index (χ2n) is 5.83. The van der Waals surface area contributed by atoms with Gasteiger partial charge in [0.1, 0.15) is 0 Å². The molecule has 1 atom stereocenters. The number of methoxy groups -OCH3 is 1. The molecule has 1 aliphatic rings. The molecule has 0 N–H and O–H groups in total. The van der Waals surface area contributed by atoms with Gasteiger partial charge in [0.15, 0.2) is 0 Å². The monoisotopic (exact) mass is 374 g/mol. The van der Waals surface area contributed by atoms with Crippen molar-refractivity contribution in [3.63, 3.8) is 0 Å². The van der Waals surface area contributed by atoms with Crippen LogP contribution in [0.25, 0.3) is 0 Å². The van der Waals surface area contributed by atoms with Crippen molar-refractivity contribution in [3.05, 3.63) is 60.2 Å². The molecule has 1 unspecified atom stereocenters. The van der Waals surface area contributed by atoms with Crippen LogP contribution < -0.4 is 4.74 Å². The molecule has 1 fully saturated rings. The molecule has 2 aromatic rings. The van der Waals surface area contributed by atoms with Crippen LogP contribution in [-0.4, -0.2) is 44.3 Å². The van der Waals surface area contributed by atoms with Gasteiger partial charge in [0.05, 0.1) is 0 Å². The van der Waals surface area contributed by atoms with Crippen molar-refractivity contribution in [1.29, 1.82) is 0 Å². The average molecular weight is 373 g/mol. The fraction of sp³-hybridized carbons (Fsp3) is 0.316. The topological polar surface area (TPSA) is 24.8 Å². The second kappa shape index (κ2) is 7.20. The third kappa shape index (κ3) is 3.60. The second-order valence-corrected chi connectivity index (χ2v) is 8.28. The number of nitrogens with zero attached hydrogens (tertiary/aromatic N) is 2. The summed E-state index contributed by atoms with van der Waals surface area (Å²) >= 11 is 0.326. The zero-order valence-electron chi connectivity index (χ0n) is 13.8. The van der Waals surface area contributed by atoms with Gasteiger partial charge in [-0.15, -0.1) is 0 Å². The van der Waals surface area contributed by atoms with E-state index in [-0.39, 0.29) is 0 Å². The van der Waals surface area contributed by atoms with Crippen LogP contribution in [0.3, 0.4) is 0 Å². The van der Waals surface area contributed by atoms with E-state index in [1.807, 2.05) is 24.3 Å². The summed E-state index contributed by atoms with van der Waals surface area (Å²) in [7, 11) is 1.70. The van der Waals surface area contributed by atoms with Crippen molar-refractivity contribution in [3.8, 4) is 5.75 Å². The summed E-state index contributed by atoms with van der Waals surface area (Å²) in [6.45, 7) is 5.53. The molecule has 0 aliphatic carbocycles. The zero-order chi connectivity index (χ0) is 16.2. The Morgan fingerprint density at radius 2 is 1.78 bits per heavy atom. The van der Waals surface area contributed by atoms with Gasteiger partial charge in [0.2, 0.25) is 0 Å². The van der Waals surface area contributed by atoms with E-state index >= 15 is 0 Å². The Hall–Kier alpha value is -1.77. The van der Waals surface area contributed by atoms with Crippen LogP contribution in [0.15, 0.2) is 59.6 Å². The van der Waals surface area contributed by atoms with Gasteiger partial charge in [-0.05, 0) is 0 Å². The molecule has 0 aromatic heterocycles. The molecule has 0 spiro atoms. The number of para-hydroxylation sites is 2. The fourth-order valence-electron chi connectivity index (χ4n) is 2.68. The molecule has 1 heterocycles. The molecular weight excluding hydrogens is 351 g/mol. The van der Waals surface area contributed by atoms with Crippen LogP contribution in [0.2, 0.25) is 0 Å². The minimum atomic E-state index is 0.326. The molecule has 23 heavy (non-hydrogen) atoms. The third-order valence-corrected chi connectivity index (χ3v) is 6.56. The van der Waals surface area contributed by atoms with E-state index in [0.29, 0.717) is 25.8 Å². The Morgan fingerprint density at radius 1 is 1.09 bits per heavy atom. The average Bonchev–Trinajstić information content (AvgIpc) is 3.00. The van der Waals surface area contributed by atoms with Gasteiger partial charge in [-0.3, -0.25) is 0 Å². The van der Waals surface area contributed by atoms with Crippen LogP contribution in [-0.2, 0) is 0 Å². The third-order valence-electron chi connectivity index (χ3n) is 3.95. The van der Waals surface area contributed by atoms with Gasteiger partial charge < -0.3 is 0 Å². The maximum absolute atomic E-state index is 5.44. The number of aliphatic imine (C=N–C) groups is 1. The van der Waals surface area contributed by atoms with Gasteiger partial charge in [-0.25, -0.2) is 0 Å². The summed E-state index contributed by atoms with van der Waals surface area (Å²) in [5, 5.41) is 0.